The van der Waals surface area contributed by atoms with Crippen molar-refractivity contribution in [3.63, 3.8) is 0 Å². The molecule has 2 aliphatic rings. The van der Waals surface area contributed by atoms with Gasteiger partial charge in [-0.3, -0.25) is 14.6 Å². The normalized spacial score (nSPS) is 22.9. The van der Waals surface area contributed by atoms with Crippen molar-refractivity contribution in [1.29, 1.82) is 0 Å². The number of phenols is 1. The number of hydrogen-bond acceptors (Lipinski definition) is 7. The minimum atomic E-state index is -0.646. The summed E-state index contributed by atoms with van der Waals surface area (Å²) < 4.78 is 11.1. The van der Waals surface area contributed by atoms with Crippen molar-refractivity contribution < 1.29 is 29.0 Å². The maximum absolute atomic E-state index is 13.2. The smallest absolute Gasteiger partial charge is 0.342 e. The number of esters is 2. The lowest BCUT2D eigenvalue weighted by Crippen LogP contribution is -2.23. The summed E-state index contributed by atoms with van der Waals surface area (Å²) in [5.74, 6) is -1.37. The van der Waals surface area contributed by atoms with Crippen LogP contribution in [0.15, 0.2) is 36.7 Å². The van der Waals surface area contributed by atoms with E-state index >= 15 is 0 Å². The minimum absolute atomic E-state index is 0.0281. The van der Waals surface area contributed by atoms with E-state index in [1.54, 1.807) is 37.5 Å². The van der Waals surface area contributed by atoms with Gasteiger partial charge in [-0.1, -0.05) is 18.2 Å². The van der Waals surface area contributed by atoms with E-state index in [9.17, 15) is 19.5 Å². The number of pyridine rings is 1. The fraction of sp³-hybridized carbons (Fsp3) is 0.385. The molecule has 0 fully saturated rings. The number of ether oxygens (including phenoxy) is 2. The van der Waals surface area contributed by atoms with Crippen molar-refractivity contribution in [2.75, 3.05) is 0 Å². The van der Waals surface area contributed by atoms with Gasteiger partial charge in [-0.2, -0.15) is 0 Å². The van der Waals surface area contributed by atoms with E-state index in [-0.39, 0.29) is 29.3 Å². The molecule has 0 radical (unpaired) electrons. The molecule has 0 saturated heterocycles. The van der Waals surface area contributed by atoms with Gasteiger partial charge in [0, 0.05) is 36.7 Å². The number of aromatic hydroxyl groups is 1. The maximum Gasteiger partial charge on any atom is 0.342 e. The largest absolute Gasteiger partial charge is 0.507 e. The van der Waals surface area contributed by atoms with Crippen molar-refractivity contribution in [2.24, 2.45) is 0 Å². The molecule has 7 nitrogen and oxygen atoms in total. The lowest BCUT2D eigenvalue weighted by molar-refractivity contribution is -0.135. The van der Waals surface area contributed by atoms with E-state index in [0.717, 1.165) is 5.56 Å². The summed E-state index contributed by atoms with van der Waals surface area (Å²) in [5, 5.41) is 11.3. The molecule has 3 heterocycles. The highest BCUT2D eigenvalue weighted by Gasteiger charge is 2.35. The van der Waals surface area contributed by atoms with Gasteiger partial charge < -0.3 is 14.6 Å². The number of phenolic OH excluding ortho intramolecular Hbond substituents is 1. The molecule has 172 valence electrons. The van der Waals surface area contributed by atoms with Crippen molar-refractivity contribution in [2.45, 2.75) is 63.9 Å². The molecule has 2 aliphatic heterocycles. The number of benzene rings is 1. The van der Waals surface area contributed by atoms with Gasteiger partial charge in [0.25, 0.3) is 0 Å². The Bertz CT molecular complexity index is 1090. The van der Waals surface area contributed by atoms with Gasteiger partial charge >= 0.3 is 11.9 Å². The fourth-order valence-electron chi connectivity index (χ4n) is 4.39. The number of allylic oxidation sites excluding steroid dienone is 1. The zero-order valence-electron chi connectivity index (χ0n) is 18.6. The maximum atomic E-state index is 13.2. The number of carbonyl (C=O) groups excluding carboxylic acids is 3. The SMILES string of the molecule is C[C@@H]1CCCC(=O)CCC/C=C/c2cc3c(c(O)c2C(=O)O1)[C@H](c1cccnc1)CC(=O)O3. The average molecular weight is 450 g/mol. The number of fused-ring (bicyclic) bond motifs is 2. The van der Waals surface area contributed by atoms with E-state index in [1.807, 2.05) is 12.1 Å². The summed E-state index contributed by atoms with van der Waals surface area (Å²) >= 11 is 0. The molecule has 0 unspecified atom stereocenters. The third kappa shape index (κ3) is 5.13. The van der Waals surface area contributed by atoms with Crippen LogP contribution in [0.25, 0.3) is 6.08 Å². The average Bonchev–Trinajstić information content (AvgIpc) is 2.78. The number of aromatic nitrogens is 1. The van der Waals surface area contributed by atoms with Crippen LogP contribution in [-0.4, -0.2) is 33.9 Å². The van der Waals surface area contributed by atoms with Crippen LogP contribution in [0, 0.1) is 0 Å². The molecular formula is C26H27NO6. The molecule has 2 aromatic rings. The first kappa shape index (κ1) is 22.7. The van der Waals surface area contributed by atoms with E-state index < -0.39 is 24.0 Å². The third-order valence-electron chi connectivity index (χ3n) is 6.06. The Morgan fingerprint density at radius 3 is 2.76 bits per heavy atom. The summed E-state index contributed by atoms with van der Waals surface area (Å²) in [5.41, 5.74) is 1.59. The first-order valence-corrected chi connectivity index (χ1v) is 11.3. The first-order chi connectivity index (χ1) is 15.9. The van der Waals surface area contributed by atoms with Crippen LogP contribution in [0.3, 0.4) is 0 Å². The molecule has 1 N–H and O–H groups in total. The second-order valence-electron chi connectivity index (χ2n) is 8.56. The van der Waals surface area contributed by atoms with E-state index in [2.05, 4.69) is 4.98 Å². The number of carbonyl (C=O) groups is 3. The number of nitrogens with zero attached hydrogens (tertiary/aromatic N) is 1. The van der Waals surface area contributed by atoms with Gasteiger partial charge in [-0.25, -0.2) is 4.79 Å². The molecule has 1 aromatic carbocycles. The monoisotopic (exact) mass is 449 g/mol. The minimum Gasteiger partial charge on any atom is -0.507 e. The van der Waals surface area contributed by atoms with Crippen LogP contribution in [0.2, 0.25) is 0 Å². The van der Waals surface area contributed by atoms with Gasteiger partial charge in [-0.15, -0.1) is 0 Å². The zero-order valence-corrected chi connectivity index (χ0v) is 18.6. The van der Waals surface area contributed by atoms with Crippen LogP contribution < -0.4 is 4.74 Å². The van der Waals surface area contributed by atoms with Crippen LogP contribution in [0.4, 0.5) is 0 Å². The standard InChI is InChI=1S/C26H27NO6/c1-16-7-5-11-19(28)10-4-2-3-8-17-13-21-24(25(30)23(17)26(31)32-16)20(14-22(29)33-21)18-9-6-12-27-15-18/h3,6,8-9,12-13,15-16,20,30H,2,4-5,7,10-11,14H2,1H3/b8-3+/t16-,20+/m1/s1. The molecule has 4 rings (SSSR count). The summed E-state index contributed by atoms with van der Waals surface area (Å²) in [6, 6.07) is 5.19. The van der Waals surface area contributed by atoms with Crippen LogP contribution in [-0.2, 0) is 14.3 Å². The zero-order chi connectivity index (χ0) is 23.4. The molecule has 0 amide bonds. The Morgan fingerprint density at radius 2 is 1.97 bits per heavy atom. The van der Waals surface area contributed by atoms with Crippen LogP contribution in [0.1, 0.15) is 84.8 Å². The Hall–Kier alpha value is -3.48. The summed E-state index contributed by atoms with van der Waals surface area (Å²) in [7, 11) is 0. The van der Waals surface area contributed by atoms with Gasteiger partial charge in [0.05, 0.1) is 12.5 Å². The van der Waals surface area contributed by atoms with Crippen LogP contribution >= 0.6 is 0 Å². The molecule has 2 atom stereocenters. The second-order valence-corrected chi connectivity index (χ2v) is 8.56. The van der Waals surface area contributed by atoms with Crippen molar-refractivity contribution in [1.82, 2.24) is 4.98 Å². The van der Waals surface area contributed by atoms with Crippen molar-refractivity contribution in [3.8, 4) is 11.5 Å². The Labute approximate surface area is 192 Å². The van der Waals surface area contributed by atoms with Crippen LogP contribution in [0.5, 0.6) is 11.5 Å². The lowest BCUT2D eigenvalue weighted by atomic mass is 9.84. The van der Waals surface area contributed by atoms with E-state index in [4.69, 9.17) is 9.47 Å². The molecule has 0 bridgehead atoms. The third-order valence-corrected chi connectivity index (χ3v) is 6.06. The molecule has 0 spiro atoms. The van der Waals surface area contributed by atoms with Gasteiger partial charge in [0.1, 0.15) is 22.8 Å². The number of hydrogen-bond donors (Lipinski definition) is 1. The highest BCUT2D eigenvalue weighted by molar-refractivity contribution is 5.98. The molecular weight excluding hydrogens is 422 g/mol. The number of ketones is 1. The number of cyclic esters (lactones) is 1. The quantitative estimate of drug-likeness (QED) is 0.497. The molecule has 0 saturated carbocycles. The van der Waals surface area contributed by atoms with E-state index in [1.165, 1.54) is 0 Å². The fourth-order valence-corrected chi connectivity index (χ4v) is 4.39. The molecule has 1 aromatic heterocycles. The summed E-state index contributed by atoms with van der Waals surface area (Å²) in [6.07, 6.45) is 9.98. The van der Waals surface area contributed by atoms with Crippen molar-refractivity contribution in [3.05, 3.63) is 58.9 Å². The summed E-state index contributed by atoms with van der Waals surface area (Å²) in [4.78, 5) is 41.6. The Morgan fingerprint density at radius 1 is 1.15 bits per heavy atom. The van der Waals surface area contributed by atoms with Crippen molar-refractivity contribution >= 4 is 23.8 Å². The lowest BCUT2D eigenvalue weighted by Gasteiger charge is -2.27. The first-order valence-electron chi connectivity index (χ1n) is 11.3. The highest BCUT2D eigenvalue weighted by Crippen LogP contribution is 2.47. The number of rotatable bonds is 1. The molecule has 0 aliphatic carbocycles. The Balaban J connectivity index is 1.80. The predicted octanol–water partition coefficient (Wildman–Crippen LogP) is 4.71. The number of Topliss-reactive ketones (excluding diaryl/α,β-unsaturated/α-hetero) is 1. The van der Waals surface area contributed by atoms with Gasteiger partial charge in [0.2, 0.25) is 0 Å². The van der Waals surface area contributed by atoms with Gasteiger partial charge in [0.15, 0.2) is 0 Å². The van der Waals surface area contributed by atoms with Gasteiger partial charge in [-0.05, 0) is 55.9 Å². The molecule has 33 heavy (non-hydrogen) atoms. The highest BCUT2D eigenvalue weighted by atomic mass is 16.5. The topological polar surface area (TPSA) is 103 Å². The molecule has 7 heteroatoms. The summed E-state index contributed by atoms with van der Waals surface area (Å²) in [6.45, 7) is 1.78. The Kier molecular flexibility index (Phi) is 6.87. The second kappa shape index (κ2) is 9.98. The van der Waals surface area contributed by atoms with E-state index in [0.29, 0.717) is 49.7 Å². The predicted molar refractivity (Wildman–Crippen MR) is 121 cm³/mol.